The number of amides is 1. The van der Waals surface area contributed by atoms with Gasteiger partial charge < -0.3 is 20.8 Å². The second-order valence-corrected chi connectivity index (χ2v) is 4.59. The van der Waals surface area contributed by atoms with Crippen molar-refractivity contribution in [1.29, 1.82) is 0 Å². The van der Waals surface area contributed by atoms with Crippen molar-refractivity contribution in [3.8, 4) is 11.5 Å². The summed E-state index contributed by atoms with van der Waals surface area (Å²) in [6.45, 7) is 3.12. The van der Waals surface area contributed by atoms with Gasteiger partial charge in [0.25, 0.3) is 5.91 Å². The molecule has 17 heavy (non-hydrogen) atoms. The molecule has 0 aliphatic carbocycles. The summed E-state index contributed by atoms with van der Waals surface area (Å²) in [6.07, 6.45) is 0. The van der Waals surface area contributed by atoms with Gasteiger partial charge in [-0.1, -0.05) is 6.92 Å². The minimum atomic E-state index is -0.212. The summed E-state index contributed by atoms with van der Waals surface area (Å²) in [4.78, 5) is 13.7. The molecule has 1 aromatic carbocycles. The summed E-state index contributed by atoms with van der Waals surface area (Å²) < 4.78 is 0. The number of rotatable bonds is 1. The van der Waals surface area contributed by atoms with Crippen molar-refractivity contribution < 1.29 is 15.0 Å². The monoisotopic (exact) mass is 236 g/mol. The molecule has 4 N–H and O–H groups in total. The van der Waals surface area contributed by atoms with E-state index >= 15 is 0 Å². The number of nitrogens with zero attached hydrogens (tertiary/aromatic N) is 1. The molecule has 1 aromatic rings. The van der Waals surface area contributed by atoms with Gasteiger partial charge in [-0.05, 0) is 18.1 Å². The van der Waals surface area contributed by atoms with Crippen LogP contribution >= 0.6 is 0 Å². The van der Waals surface area contributed by atoms with Crippen LogP contribution in [0.4, 0.5) is 0 Å². The van der Waals surface area contributed by atoms with Crippen LogP contribution in [-0.4, -0.2) is 40.2 Å². The average Bonchev–Trinajstić information content (AvgIpc) is 2.57. The molecule has 92 valence electrons. The Bertz CT molecular complexity index is 417. The largest absolute Gasteiger partial charge is 0.508 e. The van der Waals surface area contributed by atoms with Crippen molar-refractivity contribution in [2.24, 2.45) is 11.7 Å². The molecule has 2 rings (SSSR count). The molecule has 0 radical (unpaired) electrons. The highest BCUT2D eigenvalue weighted by Gasteiger charge is 2.30. The Kier molecular flexibility index (Phi) is 2.93. The molecule has 2 atom stereocenters. The Morgan fingerprint density at radius 3 is 2.35 bits per heavy atom. The third-order valence-electron chi connectivity index (χ3n) is 3.11. The number of benzene rings is 1. The van der Waals surface area contributed by atoms with Gasteiger partial charge in [-0.3, -0.25) is 4.79 Å². The molecular formula is C12H16N2O3. The Balaban J connectivity index is 2.20. The zero-order chi connectivity index (χ0) is 12.6. The minimum absolute atomic E-state index is 0.00939. The van der Waals surface area contributed by atoms with Crippen LogP contribution in [0.15, 0.2) is 18.2 Å². The van der Waals surface area contributed by atoms with Crippen molar-refractivity contribution in [1.82, 2.24) is 4.90 Å². The maximum Gasteiger partial charge on any atom is 0.254 e. The lowest BCUT2D eigenvalue weighted by atomic mass is 10.1. The first kappa shape index (κ1) is 11.7. The van der Waals surface area contributed by atoms with Crippen molar-refractivity contribution in [2.45, 2.75) is 13.0 Å². The Labute approximate surface area is 99.5 Å². The summed E-state index contributed by atoms with van der Waals surface area (Å²) >= 11 is 0. The van der Waals surface area contributed by atoms with E-state index in [0.717, 1.165) is 0 Å². The zero-order valence-corrected chi connectivity index (χ0v) is 9.63. The third kappa shape index (κ3) is 2.34. The van der Waals surface area contributed by atoms with Crippen LogP contribution in [0, 0.1) is 5.92 Å². The van der Waals surface area contributed by atoms with E-state index in [9.17, 15) is 15.0 Å². The minimum Gasteiger partial charge on any atom is -0.508 e. The predicted octanol–water partition coefficient (Wildman–Crippen LogP) is 0.517. The van der Waals surface area contributed by atoms with E-state index in [2.05, 4.69) is 0 Å². The fourth-order valence-electron chi connectivity index (χ4n) is 2.06. The van der Waals surface area contributed by atoms with Gasteiger partial charge >= 0.3 is 0 Å². The number of phenolic OH excluding ortho intramolecular Hbond substituents is 2. The second-order valence-electron chi connectivity index (χ2n) is 4.59. The topological polar surface area (TPSA) is 86.8 Å². The summed E-state index contributed by atoms with van der Waals surface area (Å²) in [5.41, 5.74) is 6.13. The molecule has 1 amide bonds. The predicted molar refractivity (Wildman–Crippen MR) is 62.8 cm³/mol. The molecule has 1 heterocycles. The van der Waals surface area contributed by atoms with Gasteiger partial charge in [0.15, 0.2) is 0 Å². The van der Waals surface area contributed by atoms with E-state index in [1.54, 1.807) is 4.90 Å². The van der Waals surface area contributed by atoms with Crippen molar-refractivity contribution in [3.05, 3.63) is 23.8 Å². The average molecular weight is 236 g/mol. The highest BCUT2D eigenvalue weighted by atomic mass is 16.3. The fraction of sp³-hybridized carbons (Fsp3) is 0.417. The van der Waals surface area contributed by atoms with E-state index < -0.39 is 0 Å². The number of phenols is 2. The quantitative estimate of drug-likeness (QED) is 0.663. The van der Waals surface area contributed by atoms with E-state index in [4.69, 9.17) is 5.73 Å². The number of carbonyl (C=O) groups excluding carboxylic acids is 1. The summed E-state index contributed by atoms with van der Waals surface area (Å²) in [7, 11) is 0. The van der Waals surface area contributed by atoms with Crippen molar-refractivity contribution in [2.75, 3.05) is 13.1 Å². The Morgan fingerprint density at radius 2 is 1.88 bits per heavy atom. The summed E-state index contributed by atoms with van der Waals surface area (Å²) in [5.74, 6) is -0.185. The van der Waals surface area contributed by atoms with Gasteiger partial charge in [0.2, 0.25) is 0 Å². The van der Waals surface area contributed by atoms with E-state index in [1.165, 1.54) is 18.2 Å². The summed E-state index contributed by atoms with van der Waals surface area (Å²) in [6, 6.07) is 3.87. The number of hydrogen-bond acceptors (Lipinski definition) is 4. The van der Waals surface area contributed by atoms with Crippen LogP contribution in [0.3, 0.4) is 0 Å². The lowest BCUT2D eigenvalue weighted by Gasteiger charge is -2.16. The molecule has 0 bridgehead atoms. The zero-order valence-electron chi connectivity index (χ0n) is 9.63. The fourth-order valence-corrected chi connectivity index (χ4v) is 2.06. The van der Waals surface area contributed by atoms with Crippen LogP contribution in [0.5, 0.6) is 11.5 Å². The van der Waals surface area contributed by atoms with E-state index in [-0.39, 0.29) is 34.9 Å². The third-order valence-corrected chi connectivity index (χ3v) is 3.11. The molecule has 1 aliphatic heterocycles. The lowest BCUT2D eigenvalue weighted by Crippen LogP contribution is -2.32. The molecule has 5 nitrogen and oxygen atoms in total. The summed E-state index contributed by atoms with van der Waals surface area (Å²) in [5, 5.41) is 18.7. The Morgan fingerprint density at radius 1 is 1.29 bits per heavy atom. The van der Waals surface area contributed by atoms with Crippen molar-refractivity contribution >= 4 is 5.91 Å². The van der Waals surface area contributed by atoms with Gasteiger partial charge in [-0.2, -0.15) is 0 Å². The van der Waals surface area contributed by atoms with E-state index in [0.29, 0.717) is 13.1 Å². The van der Waals surface area contributed by atoms with Gasteiger partial charge in [-0.15, -0.1) is 0 Å². The first-order chi connectivity index (χ1) is 7.97. The Hall–Kier alpha value is -1.75. The van der Waals surface area contributed by atoms with Crippen LogP contribution in [0.2, 0.25) is 0 Å². The highest BCUT2D eigenvalue weighted by molar-refractivity contribution is 5.95. The van der Waals surface area contributed by atoms with Gasteiger partial charge in [0.05, 0.1) is 0 Å². The highest BCUT2D eigenvalue weighted by Crippen LogP contribution is 2.23. The number of carbonyl (C=O) groups is 1. The number of hydrogen-bond donors (Lipinski definition) is 3. The second kappa shape index (κ2) is 4.25. The number of nitrogens with two attached hydrogens (primary N) is 1. The van der Waals surface area contributed by atoms with Crippen molar-refractivity contribution in [3.63, 3.8) is 0 Å². The molecule has 0 saturated carbocycles. The first-order valence-corrected chi connectivity index (χ1v) is 5.55. The van der Waals surface area contributed by atoms with Crippen LogP contribution in [-0.2, 0) is 0 Å². The molecule has 5 heteroatoms. The molecule has 0 spiro atoms. The maximum absolute atomic E-state index is 12.1. The van der Waals surface area contributed by atoms with Gasteiger partial charge in [0.1, 0.15) is 11.5 Å². The van der Waals surface area contributed by atoms with E-state index in [1.807, 2.05) is 6.92 Å². The lowest BCUT2D eigenvalue weighted by molar-refractivity contribution is 0.0786. The van der Waals surface area contributed by atoms with Crippen LogP contribution in [0.25, 0.3) is 0 Å². The van der Waals surface area contributed by atoms with Crippen LogP contribution in [0.1, 0.15) is 17.3 Å². The normalized spacial score (nSPS) is 24.0. The molecular weight excluding hydrogens is 220 g/mol. The molecule has 2 unspecified atom stereocenters. The number of likely N-dealkylation sites (tertiary alicyclic amines) is 1. The number of aromatic hydroxyl groups is 2. The molecule has 1 fully saturated rings. The van der Waals surface area contributed by atoms with Crippen LogP contribution < -0.4 is 5.73 Å². The van der Waals surface area contributed by atoms with Gasteiger partial charge in [0, 0.05) is 30.8 Å². The standard InChI is InChI=1S/C12H16N2O3/c1-7-5-14(6-11(7)13)12(17)8-2-9(15)4-10(16)3-8/h2-4,7,11,15-16H,5-6,13H2,1H3. The molecule has 1 saturated heterocycles. The first-order valence-electron chi connectivity index (χ1n) is 5.55. The van der Waals surface area contributed by atoms with Gasteiger partial charge in [-0.25, -0.2) is 0 Å². The smallest absolute Gasteiger partial charge is 0.254 e. The molecule has 0 aromatic heterocycles. The molecule has 1 aliphatic rings. The maximum atomic E-state index is 12.1. The SMILES string of the molecule is CC1CN(C(=O)c2cc(O)cc(O)c2)CC1N.